The van der Waals surface area contributed by atoms with E-state index in [4.69, 9.17) is 9.47 Å². The van der Waals surface area contributed by atoms with Crippen LogP contribution in [0.2, 0.25) is 0 Å². The third-order valence-corrected chi connectivity index (χ3v) is 5.38. The molecular weight excluding hydrogens is 304 g/mol. The monoisotopic (exact) mass is 332 g/mol. The van der Waals surface area contributed by atoms with Crippen LogP contribution in [0, 0.1) is 0 Å². The summed E-state index contributed by atoms with van der Waals surface area (Å²) < 4.78 is 10.8. The molecule has 1 aromatic rings. The molecule has 1 unspecified atom stereocenters. The first-order valence-electron chi connectivity index (χ1n) is 8.96. The maximum absolute atomic E-state index is 12.7. The van der Waals surface area contributed by atoms with Crippen molar-refractivity contribution in [2.24, 2.45) is 0 Å². The first kappa shape index (κ1) is 16.9. The molecule has 1 saturated carbocycles. The van der Waals surface area contributed by atoms with Gasteiger partial charge in [0.2, 0.25) is 0 Å². The Morgan fingerprint density at radius 2 is 1.79 bits per heavy atom. The van der Waals surface area contributed by atoms with Gasteiger partial charge in [-0.2, -0.15) is 0 Å². The molecule has 2 aliphatic rings. The predicted octanol–water partition coefficient (Wildman–Crippen LogP) is 3.67. The van der Waals surface area contributed by atoms with E-state index in [2.05, 4.69) is 12.2 Å². The molecule has 0 saturated heterocycles. The van der Waals surface area contributed by atoms with Crippen LogP contribution in [0.25, 0.3) is 0 Å². The number of nitrogens with zero attached hydrogens (tertiary/aromatic N) is 1. The fourth-order valence-electron chi connectivity index (χ4n) is 3.93. The summed E-state index contributed by atoms with van der Waals surface area (Å²) in [6.45, 7) is 2.83. The third-order valence-electron chi connectivity index (χ3n) is 5.38. The number of amides is 2. The molecule has 3 rings (SSSR count). The fourth-order valence-corrected chi connectivity index (χ4v) is 3.93. The Bertz CT molecular complexity index is 597. The van der Waals surface area contributed by atoms with Crippen LogP contribution in [0.5, 0.6) is 11.5 Å². The van der Waals surface area contributed by atoms with Gasteiger partial charge in [-0.25, -0.2) is 4.79 Å². The van der Waals surface area contributed by atoms with E-state index in [-0.39, 0.29) is 12.1 Å². The molecule has 1 atom stereocenters. The minimum absolute atomic E-state index is 0.0390. The van der Waals surface area contributed by atoms with E-state index < -0.39 is 0 Å². The third kappa shape index (κ3) is 3.30. The van der Waals surface area contributed by atoms with Crippen LogP contribution in [-0.2, 0) is 6.42 Å². The first-order chi connectivity index (χ1) is 11.6. The van der Waals surface area contributed by atoms with Gasteiger partial charge in [0.15, 0.2) is 11.5 Å². The van der Waals surface area contributed by atoms with Gasteiger partial charge in [-0.15, -0.1) is 0 Å². The molecule has 5 nitrogen and oxygen atoms in total. The number of rotatable bonds is 3. The van der Waals surface area contributed by atoms with Crippen molar-refractivity contribution in [2.45, 2.75) is 57.5 Å². The summed E-state index contributed by atoms with van der Waals surface area (Å²) in [6.07, 6.45) is 6.80. The first-order valence-corrected chi connectivity index (χ1v) is 8.96. The highest BCUT2D eigenvalue weighted by atomic mass is 16.5. The molecule has 1 aliphatic carbocycles. The molecule has 2 amide bonds. The number of nitrogens with one attached hydrogen (secondary N) is 1. The number of methoxy groups -OCH3 is 2. The minimum Gasteiger partial charge on any atom is -0.493 e. The van der Waals surface area contributed by atoms with Gasteiger partial charge in [0.25, 0.3) is 0 Å². The normalized spacial score (nSPS) is 21.1. The largest absolute Gasteiger partial charge is 0.493 e. The van der Waals surface area contributed by atoms with Gasteiger partial charge in [-0.1, -0.05) is 19.3 Å². The van der Waals surface area contributed by atoms with Crippen LogP contribution in [-0.4, -0.2) is 37.7 Å². The summed E-state index contributed by atoms with van der Waals surface area (Å²) in [6, 6.07) is 4.50. The van der Waals surface area contributed by atoms with E-state index in [0.29, 0.717) is 6.04 Å². The van der Waals surface area contributed by atoms with E-state index in [1.165, 1.54) is 24.8 Å². The van der Waals surface area contributed by atoms with E-state index in [9.17, 15) is 4.79 Å². The number of fused-ring (bicyclic) bond motifs is 1. The molecule has 5 heteroatoms. The second kappa shape index (κ2) is 7.32. The lowest BCUT2D eigenvalue weighted by molar-refractivity contribution is 0.167. The number of hydrogen-bond acceptors (Lipinski definition) is 3. The number of carbonyl (C=O) groups excluding carboxylic acids is 1. The second-order valence-electron chi connectivity index (χ2n) is 6.81. The van der Waals surface area contributed by atoms with Crippen LogP contribution < -0.4 is 14.8 Å². The Morgan fingerprint density at radius 1 is 1.12 bits per heavy atom. The molecule has 0 spiro atoms. The molecule has 1 fully saturated rings. The number of carbonyl (C=O) groups is 1. The minimum atomic E-state index is 0.0390. The summed E-state index contributed by atoms with van der Waals surface area (Å²) in [7, 11) is 3.30. The van der Waals surface area contributed by atoms with Crippen LogP contribution in [0.15, 0.2) is 12.1 Å². The van der Waals surface area contributed by atoms with Crippen molar-refractivity contribution in [2.75, 3.05) is 20.8 Å². The quantitative estimate of drug-likeness (QED) is 0.919. The predicted molar refractivity (Wildman–Crippen MR) is 93.8 cm³/mol. The summed E-state index contributed by atoms with van der Waals surface area (Å²) >= 11 is 0. The molecule has 0 aromatic heterocycles. The lowest BCUT2D eigenvalue weighted by atomic mass is 9.92. The average Bonchev–Trinajstić information content (AvgIpc) is 2.61. The van der Waals surface area contributed by atoms with Crippen LogP contribution in [0.1, 0.15) is 56.2 Å². The zero-order valence-electron chi connectivity index (χ0n) is 14.9. The van der Waals surface area contributed by atoms with Gasteiger partial charge in [-0.05, 0) is 49.4 Å². The Hall–Kier alpha value is -1.91. The van der Waals surface area contributed by atoms with Crippen LogP contribution >= 0.6 is 0 Å². The van der Waals surface area contributed by atoms with Crippen molar-refractivity contribution < 1.29 is 14.3 Å². The topological polar surface area (TPSA) is 50.8 Å². The van der Waals surface area contributed by atoms with Gasteiger partial charge in [0.1, 0.15) is 0 Å². The molecule has 1 heterocycles. The van der Waals surface area contributed by atoms with Gasteiger partial charge in [-0.3, -0.25) is 0 Å². The number of benzene rings is 1. The molecule has 132 valence electrons. The number of urea groups is 1. The summed E-state index contributed by atoms with van der Waals surface area (Å²) in [4.78, 5) is 14.7. The Balaban J connectivity index is 1.75. The van der Waals surface area contributed by atoms with Crippen molar-refractivity contribution in [1.82, 2.24) is 10.2 Å². The van der Waals surface area contributed by atoms with Gasteiger partial charge >= 0.3 is 6.03 Å². The maximum atomic E-state index is 12.7. The van der Waals surface area contributed by atoms with Crippen molar-refractivity contribution in [3.63, 3.8) is 0 Å². The van der Waals surface area contributed by atoms with E-state index in [1.807, 2.05) is 17.0 Å². The highest BCUT2D eigenvalue weighted by Crippen LogP contribution is 2.37. The van der Waals surface area contributed by atoms with Crippen LogP contribution in [0.3, 0.4) is 0 Å². The molecule has 0 bridgehead atoms. The lowest BCUT2D eigenvalue weighted by Gasteiger charge is -2.37. The smallest absolute Gasteiger partial charge is 0.318 e. The van der Waals surface area contributed by atoms with Gasteiger partial charge in [0, 0.05) is 12.6 Å². The van der Waals surface area contributed by atoms with Crippen LogP contribution in [0.4, 0.5) is 4.79 Å². The molecule has 1 aromatic carbocycles. The molecule has 1 aliphatic heterocycles. The standard InChI is InChI=1S/C19H28N2O3/c1-13-16-12-18(24-3)17(23-2)11-14(16)9-10-21(13)19(22)20-15-7-5-4-6-8-15/h11-13,15H,4-10H2,1-3H3,(H,20,22). The number of hydrogen-bond donors (Lipinski definition) is 1. The summed E-state index contributed by atoms with van der Waals surface area (Å²) in [5.74, 6) is 1.47. The Labute approximate surface area is 144 Å². The van der Waals surface area contributed by atoms with E-state index in [1.54, 1.807) is 14.2 Å². The SMILES string of the molecule is COc1cc2c(cc1OC)C(C)N(C(=O)NC1CCCCC1)CC2. The number of ether oxygens (including phenoxy) is 2. The Kier molecular flexibility index (Phi) is 5.17. The van der Waals surface area contributed by atoms with Crippen molar-refractivity contribution in [1.29, 1.82) is 0 Å². The molecular formula is C19H28N2O3. The zero-order valence-corrected chi connectivity index (χ0v) is 14.9. The van der Waals surface area contributed by atoms with E-state index in [0.717, 1.165) is 42.9 Å². The molecule has 0 radical (unpaired) electrons. The summed E-state index contributed by atoms with van der Waals surface area (Å²) in [5.41, 5.74) is 2.39. The van der Waals surface area contributed by atoms with Crippen molar-refractivity contribution in [3.05, 3.63) is 23.3 Å². The highest BCUT2D eigenvalue weighted by molar-refractivity contribution is 5.75. The second-order valence-corrected chi connectivity index (χ2v) is 6.81. The lowest BCUT2D eigenvalue weighted by Crippen LogP contribution is -2.48. The zero-order chi connectivity index (χ0) is 17.1. The molecule has 24 heavy (non-hydrogen) atoms. The molecule has 1 N–H and O–H groups in total. The fraction of sp³-hybridized carbons (Fsp3) is 0.632. The Morgan fingerprint density at radius 3 is 2.46 bits per heavy atom. The maximum Gasteiger partial charge on any atom is 0.318 e. The average molecular weight is 332 g/mol. The van der Waals surface area contributed by atoms with Crippen molar-refractivity contribution >= 4 is 6.03 Å². The van der Waals surface area contributed by atoms with E-state index >= 15 is 0 Å². The highest BCUT2D eigenvalue weighted by Gasteiger charge is 2.30. The van der Waals surface area contributed by atoms with Gasteiger partial charge < -0.3 is 19.7 Å². The van der Waals surface area contributed by atoms with Gasteiger partial charge in [0.05, 0.1) is 20.3 Å². The summed E-state index contributed by atoms with van der Waals surface area (Å²) in [5, 5.41) is 3.23. The van der Waals surface area contributed by atoms with Crippen molar-refractivity contribution in [3.8, 4) is 11.5 Å².